The summed E-state index contributed by atoms with van der Waals surface area (Å²) in [5.41, 5.74) is 7.81. The molecule has 1 unspecified atom stereocenters. The summed E-state index contributed by atoms with van der Waals surface area (Å²) in [4.78, 5) is 4.31. The number of nitrogens with one attached hydrogen (secondary N) is 1. The van der Waals surface area contributed by atoms with Crippen LogP contribution in [0.3, 0.4) is 0 Å². The highest BCUT2D eigenvalue weighted by Crippen LogP contribution is 2.22. The molecule has 1 rings (SSSR count). The molecule has 0 fully saturated rings. The van der Waals surface area contributed by atoms with Crippen molar-refractivity contribution in [2.24, 2.45) is 10.7 Å². The maximum Gasteiger partial charge on any atom is 0.188 e. The molecule has 5 nitrogen and oxygen atoms in total. The van der Waals surface area contributed by atoms with Crippen molar-refractivity contribution in [1.82, 2.24) is 10.5 Å². The molecule has 0 amide bonds. The lowest BCUT2D eigenvalue weighted by Gasteiger charge is -2.09. The first-order valence-corrected chi connectivity index (χ1v) is 6.02. The Balaban J connectivity index is 2.58. The molecule has 0 radical (unpaired) electrons. The van der Waals surface area contributed by atoms with Crippen molar-refractivity contribution in [2.75, 3.05) is 13.1 Å². The van der Waals surface area contributed by atoms with E-state index in [1.807, 2.05) is 13.8 Å². The Kier molecular flexibility index (Phi) is 5.00. The van der Waals surface area contributed by atoms with Crippen molar-refractivity contribution in [3.8, 4) is 0 Å². The van der Waals surface area contributed by atoms with Crippen LogP contribution in [0.1, 0.15) is 43.2 Å². The SMILES string of the molecule is CCCNC(N)=NCC(C)c1c(C)noc1C. The van der Waals surface area contributed by atoms with E-state index in [4.69, 9.17) is 10.3 Å². The Morgan fingerprint density at radius 1 is 1.53 bits per heavy atom. The van der Waals surface area contributed by atoms with Crippen LogP contribution in [-0.4, -0.2) is 24.2 Å². The zero-order valence-electron chi connectivity index (χ0n) is 11.1. The fraction of sp³-hybridized carbons (Fsp3) is 0.667. The summed E-state index contributed by atoms with van der Waals surface area (Å²) >= 11 is 0. The van der Waals surface area contributed by atoms with Gasteiger partial charge in [-0.25, -0.2) is 0 Å². The van der Waals surface area contributed by atoms with Crippen molar-refractivity contribution < 1.29 is 4.52 Å². The molecule has 17 heavy (non-hydrogen) atoms. The van der Waals surface area contributed by atoms with E-state index in [9.17, 15) is 0 Å². The quantitative estimate of drug-likeness (QED) is 0.605. The molecule has 0 spiro atoms. The molecule has 1 heterocycles. The zero-order chi connectivity index (χ0) is 12.8. The van der Waals surface area contributed by atoms with Crippen LogP contribution in [-0.2, 0) is 0 Å². The molecule has 0 aliphatic carbocycles. The van der Waals surface area contributed by atoms with E-state index in [1.54, 1.807) is 0 Å². The van der Waals surface area contributed by atoms with Gasteiger partial charge in [0.25, 0.3) is 0 Å². The predicted molar refractivity (Wildman–Crippen MR) is 69.2 cm³/mol. The minimum Gasteiger partial charge on any atom is -0.370 e. The van der Waals surface area contributed by atoms with Gasteiger partial charge in [0.2, 0.25) is 0 Å². The molecule has 1 atom stereocenters. The van der Waals surface area contributed by atoms with Crippen LogP contribution in [0.15, 0.2) is 9.52 Å². The van der Waals surface area contributed by atoms with Crippen LogP contribution in [0.25, 0.3) is 0 Å². The molecule has 0 aliphatic rings. The van der Waals surface area contributed by atoms with Gasteiger partial charge < -0.3 is 15.6 Å². The minimum absolute atomic E-state index is 0.267. The van der Waals surface area contributed by atoms with Crippen molar-refractivity contribution in [1.29, 1.82) is 0 Å². The number of aliphatic imine (C=N–C) groups is 1. The summed E-state index contributed by atoms with van der Waals surface area (Å²) in [6.45, 7) is 9.56. The van der Waals surface area contributed by atoms with Crippen LogP contribution in [0.4, 0.5) is 0 Å². The number of guanidine groups is 1. The third-order valence-electron chi connectivity index (χ3n) is 2.67. The van der Waals surface area contributed by atoms with Gasteiger partial charge in [-0.2, -0.15) is 0 Å². The first-order valence-electron chi connectivity index (χ1n) is 6.02. The van der Waals surface area contributed by atoms with Gasteiger partial charge in [0.05, 0.1) is 5.69 Å². The maximum absolute atomic E-state index is 5.74. The highest BCUT2D eigenvalue weighted by atomic mass is 16.5. The van der Waals surface area contributed by atoms with Gasteiger partial charge in [0.15, 0.2) is 5.96 Å². The Bertz CT molecular complexity index is 364. The van der Waals surface area contributed by atoms with E-state index in [0.29, 0.717) is 12.5 Å². The lowest BCUT2D eigenvalue weighted by molar-refractivity contribution is 0.391. The first kappa shape index (κ1) is 13.5. The third-order valence-corrected chi connectivity index (χ3v) is 2.67. The summed E-state index contributed by atoms with van der Waals surface area (Å²) in [6, 6.07) is 0. The minimum atomic E-state index is 0.267. The Labute approximate surface area is 102 Å². The number of aryl methyl sites for hydroxylation is 2. The maximum atomic E-state index is 5.74. The molecular weight excluding hydrogens is 216 g/mol. The molecular formula is C12H22N4O. The van der Waals surface area contributed by atoms with E-state index in [0.717, 1.165) is 30.0 Å². The largest absolute Gasteiger partial charge is 0.370 e. The van der Waals surface area contributed by atoms with Gasteiger partial charge >= 0.3 is 0 Å². The summed E-state index contributed by atoms with van der Waals surface area (Å²) in [6.07, 6.45) is 1.04. The zero-order valence-corrected chi connectivity index (χ0v) is 11.1. The molecule has 0 aromatic carbocycles. The Morgan fingerprint density at radius 2 is 2.24 bits per heavy atom. The van der Waals surface area contributed by atoms with Crippen molar-refractivity contribution in [3.05, 3.63) is 17.0 Å². The highest BCUT2D eigenvalue weighted by molar-refractivity contribution is 5.77. The van der Waals surface area contributed by atoms with Gasteiger partial charge in [0, 0.05) is 24.6 Å². The normalized spacial score (nSPS) is 13.8. The molecule has 1 aromatic rings. The second-order valence-corrected chi connectivity index (χ2v) is 4.29. The van der Waals surface area contributed by atoms with Gasteiger partial charge in [0.1, 0.15) is 5.76 Å². The van der Waals surface area contributed by atoms with Crippen molar-refractivity contribution in [2.45, 2.75) is 40.0 Å². The summed E-state index contributed by atoms with van der Waals surface area (Å²) in [5.74, 6) is 1.64. The van der Waals surface area contributed by atoms with Crippen molar-refractivity contribution >= 4 is 5.96 Å². The smallest absolute Gasteiger partial charge is 0.188 e. The van der Waals surface area contributed by atoms with Gasteiger partial charge in [-0.3, -0.25) is 4.99 Å². The Hall–Kier alpha value is -1.52. The van der Waals surface area contributed by atoms with Gasteiger partial charge in [-0.15, -0.1) is 0 Å². The van der Waals surface area contributed by atoms with Crippen LogP contribution < -0.4 is 11.1 Å². The average molecular weight is 238 g/mol. The van der Waals surface area contributed by atoms with E-state index >= 15 is 0 Å². The molecule has 5 heteroatoms. The fourth-order valence-electron chi connectivity index (χ4n) is 1.83. The molecule has 0 saturated carbocycles. The van der Waals surface area contributed by atoms with Gasteiger partial charge in [-0.1, -0.05) is 19.0 Å². The van der Waals surface area contributed by atoms with E-state index in [1.165, 1.54) is 0 Å². The van der Waals surface area contributed by atoms with Crippen molar-refractivity contribution in [3.63, 3.8) is 0 Å². The first-order chi connectivity index (χ1) is 8.06. The van der Waals surface area contributed by atoms with Crippen LogP contribution in [0, 0.1) is 13.8 Å². The van der Waals surface area contributed by atoms with E-state index in [2.05, 4.69) is 29.3 Å². The summed E-state index contributed by atoms with van der Waals surface area (Å²) in [5, 5.41) is 6.99. The van der Waals surface area contributed by atoms with Crippen LogP contribution in [0.2, 0.25) is 0 Å². The van der Waals surface area contributed by atoms with E-state index < -0.39 is 0 Å². The molecule has 0 bridgehead atoms. The third kappa shape index (κ3) is 3.76. The lowest BCUT2D eigenvalue weighted by Crippen LogP contribution is -2.32. The number of hydrogen-bond acceptors (Lipinski definition) is 3. The molecule has 0 saturated heterocycles. The summed E-state index contributed by atoms with van der Waals surface area (Å²) < 4.78 is 5.14. The van der Waals surface area contributed by atoms with Gasteiger partial charge in [-0.05, 0) is 20.3 Å². The fourth-order valence-corrected chi connectivity index (χ4v) is 1.83. The summed E-state index contributed by atoms with van der Waals surface area (Å²) in [7, 11) is 0. The van der Waals surface area contributed by atoms with E-state index in [-0.39, 0.29) is 5.92 Å². The monoisotopic (exact) mass is 238 g/mol. The number of aromatic nitrogens is 1. The predicted octanol–water partition coefficient (Wildman–Crippen LogP) is 1.71. The Morgan fingerprint density at radius 3 is 2.76 bits per heavy atom. The number of hydrogen-bond donors (Lipinski definition) is 2. The second kappa shape index (κ2) is 6.27. The molecule has 3 N–H and O–H groups in total. The second-order valence-electron chi connectivity index (χ2n) is 4.29. The molecule has 96 valence electrons. The van der Waals surface area contributed by atoms with Crippen LogP contribution >= 0.6 is 0 Å². The average Bonchev–Trinajstić information content (AvgIpc) is 2.63. The molecule has 1 aromatic heterocycles. The number of nitrogens with two attached hydrogens (primary N) is 1. The topological polar surface area (TPSA) is 76.4 Å². The lowest BCUT2D eigenvalue weighted by atomic mass is 10.00. The highest BCUT2D eigenvalue weighted by Gasteiger charge is 2.15. The standard InChI is InChI=1S/C12H22N4O/c1-5-6-14-12(13)15-7-8(2)11-9(3)16-17-10(11)4/h8H,5-7H2,1-4H3,(H3,13,14,15). The number of rotatable bonds is 5. The molecule has 0 aliphatic heterocycles. The number of nitrogens with zero attached hydrogens (tertiary/aromatic N) is 2. The van der Waals surface area contributed by atoms with Crippen LogP contribution in [0.5, 0.6) is 0 Å².